The minimum absolute atomic E-state index is 0.0883. The van der Waals surface area contributed by atoms with Crippen LogP contribution in [0.15, 0.2) is 59.6 Å². The van der Waals surface area contributed by atoms with Crippen molar-refractivity contribution in [3.63, 3.8) is 0 Å². The first kappa shape index (κ1) is 25.3. The van der Waals surface area contributed by atoms with Crippen molar-refractivity contribution in [1.29, 1.82) is 0 Å². The Bertz CT molecular complexity index is 1370. The van der Waals surface area contributed by atoms with E-state index in [1.165, 1.54) is 41.2 Å². The number of carbonyl (C=O) groups is 2. The zero-order valence-electron chi connectivity index (χ0n) is 19.2. The zero-order valence-corrected chi connectivity index (χ0v) is 20.0. The molecule has 12 heteroatoms. The van der Waals surface area contributed by atoms with E-state index in [1.807, 2.05) is 0 Å². The molecule has 1 saturated carbocycles. The van der Waals surface area contributed by atoms with Crippen molar-refractivity contribution < 1.29 is 36.3 Å². The van der Waals surface area contributed by atoms with E-state index in [1.54, 1.807) is 6.92 Å². The molecule has 0 spiro atoms. The van der Waals surface area contributed by atoms with E-state index in [4.69, 9.17) is 9.47 Å². The summed E-state index contributed by atoms with van der Waals surface area (Å²) in [5, 5.41) is 6.20. The molecule has 2 aromatic carbocycles. The van der Waals surface area contributed by atoms with Gasteiger partial charge in [-0.1, -0.05) is 12.1 Å². The number of aromatic nitrogens is 2. The van der Waals surface area contributed by atoms with Gasteiger partial charge in [0.1, 0.15) is 12.4 Å². The van der Waals surface area contributed by atoms with E-state index < -0.39 is 44.7 Å². The maximum Gasteiger partial charge on any atom is 0.327 e. The van der Waals surface area contributed by atoms with Crippen LogP contribution < -0.4 is 10.1 Å². The van der Waals surface area contributed by atoms with E-state index in [0.29, 0.717) is 18.9 Å². The molecule has 1 aromatic heterocycles. The Kier molecular flexibility index (Phi) is 7.34. The summed E-state index contributed by atoms with van der Waals surface area (Å²) in [5.74, 6) is -3.38. The van der Waals surface area contributed by atoms with Crippen LogP contribution in [0.5, 0.6) is 5.75 Å². The lowest BCUT2D eigenvalue weighted by atomic mass is 10.1. The highest BCUT2D eigenvalue weighted by molar-refractivity contribution is 7.92. The van der Waals surface area contributed by atoms with Crippen LogP contribution in [0.3, 0.4) is 0 Å². The molecule has 0 aliphatic heterocycles. The van der Waals surface area contributed by atoms with Crippen molar-refractivity contribution in [2.75, 3.05) is 11.9 Å². The molecule has 1 aliphatic rings. The van der Waals surface area contributed by atoms with Gasteiger partial charge in [-0.2, -0.15) is 5.10 Å². The molecule has 1 heterocycles. The maximum atomic E-state index is 14.3. The molecule has 36 heavy (non-hydrogen) atoms. The molecular formula is C24H23F2N3O6S. The predicted octanol–water partition coefficient (Wildman–Crippen LogP) is 3.42. The summed E-state index contributed by atoms with van der Waals surface area (Å²) in [7, 11) is -3.45. The van der Waals surface area contributed by atoms with E-state index in [-0.39, 0.29) is 35.2 Å². The van der Waals surface area contributed by atoms with Gasteiger partial charge in [-0.15, -0.1) is 0 Å². The first-order chi connectivity index (χ1) is 17.2. The van der Waals surface area contributed by atoms with E-state index >= 15 is 0 Å². The summed E-state index contributed by atoms with van der Waals surface area (Å²) in [6, 6.07) is 9.62. The van der Waals surface area contributed by atoms with Crippen LogP contribution in [0.1, 0.15) is 31.4 Å². The number of ether oxygens (including phenoxy) is 2. The molecule has 0 radical (unpaired) electrons. The highest BCUT2D eigenvalue weighted by Crippen LogP contribution is 2.34. The van der Waals surface area contributed by atoms with Gasteiger partial charge in [0.05, 0.1) is 16.8 Å². The number of esters is 1. The molecule has 1 atom stereocenters. The standard InChI is InChI=1S/C24H23F2N3O6S/c1-2-34-22(30)14-29-12-11-21(28-29)27-24(31)23(35-20-10-5-16(25)13-19(20)26)15-3-6-17(7-4-15)36(32,33)18-8-9-18/h3-7,10-13,18,23H,2,8-9,14H2,1H3,(H,27,28,31). The number of amides is 1. The zero-order chi connectivity index (χ0) is 25.9. The SMILES string of the molecule is CCOC(=O)Cn1ccc(NC(=O)C(Oc2ccc(F)cc2F)c2ccc(S(=O)(=O)C3CC3)cc2)n1. The summed E-state index contributed by atoms with van der Waals surface area (Å²) in [5.41, 5.74) is 0.233. The smallest absolute Gasteiger partial charge is 0.327 e. The molecule has 1 amide bonds. The van der Waals surface area contributed by atoms with Gasteiger partial charge in [0.2, 0.25) is 6.10 Å². The Hall–Kier alpha value is -3.80. The minimum Gasteiger partial charge on any atom is -0.473 e. The number of carbonyl (C=O) groups excluding carboxylic acids is 2. The quantitative estimate of drug-likeness (QED) is 0.408. The third-order valence-corrected chi connectivity index (χ3v) is 7.62. The van der Waals surface area contributed by atoms with Gasteiger partial charge < -0.3 is 14.8 Å². The summed E-state index contributed by atoms with van der Waals surface area (Å²) in [6.07, 6.45) is 1.23. The van der Waals surface area contributed by atoms with Gasteiger partial charge in [0.15, 0.2) is 27.2 Å². The van der Waals surface area contributed by atoms with Gasteiger partial charge in [-0.3, -0.25) is 14.3 Å². The van der Waals surface area contributed by atoms with Gasteiger partial charge >= 0.3 is 5.97 Å². The first-order valence-electron chi connectivity index (χ1n) is 11.1. The summed E-state index contributed by atoms with van der Waals surface area (Å²) < 4.78 is 64.3. The van der Waals surface area contributed by atoms with E-state index in [2.05, 4.69) is 10.4 Å². The fourth-order valence-corrected chi connectivity index (χ4v) is 5.08. The van der Waals surface area contributed by atoms with Gasteiger partial charge in [0, 0.05) is 23.9 Å². The number of rotatable bonds is 10. The Balaban J connectivity index is 1.57. The lowest BCUT2D eigenvalue weighted by molar-refractivity contribution is -0.144. The average Bonchev–Trinajstić information content (AvgIpc) is 3.61. The van der Waals surface area contributed by atoms with Gasteiger partial charge in [0.25, 0.3) is 5.91 Å². The fraction of sp³-hybridized carbons (Fsp3) is 0.292. The molecule has 4 rings (SSSR count). The molecule has 1 unspecified atom stereocenters. The minimum atomic E-state index is -3.45. The highest BCUT2D eigenvalue weighted by Gasteiger charge is 2.37. The number of nitrogens with one attached hydrogen (secondary N) is 1. The number of anilines is 1. The Morgan fingerprint density at radius 1 is 1.14 bits per heavy atom. The molecule has 9 nitrogen and oxygen atoms in total. The summed E-state index contributed by atoms with van der Waals surface area (Å²) in [4.78, 5) is 24.9. The van der Waals surface area contributed by atoms with Crippen LogP contribution in [-0.2, 0) is 30.7 Å². The Morgan fingerprint density at radius 3 is 2.50 bits per heavy atom. The lowest BCUT2D eigenvalue weighted by Gasteiger charge is -2.19. The number of nitrogens with zero attached hydrogens (tertiary/aromatic N) is 2. The largest absolute Gasteiger partial charge is 0.473 e. The first-order valence-corrected chi connectivity index (χ1v) is 12.7. The molecule has 1 fully saturated rings. The monoisotopic (exact) mass is 519 g/mol. The topological polar surface area (TPSA) is 117 Å². The predicted molar refractivity (Wildman–Crippen MR) is 124 cm³/mol. The molecule has 3 aromatic rings. The summed E-state index contributed by atoms with van der Waals surface area (Å²) >= 11 is 0. The number of hydrogen-bond acceptors (Lipinski definition) is 7. The van der Waals surface area contributed by atoms with Crippen LogP contribution >= 0.6 is 0 Å². The van der Waals surface area contributed by atoms with Crippen molar-refractivity contribution in [1.82, 2.24) is 9.78 Å². The lowest BCUT2D eigenvalue weighted by Crippen LogP contribution is -2.26. The molecule has 0 bridgehead atoms. The molecule has 190 valence electrons. The van der Waals surface area contributed by atoms with Crippen molar-refractivity contribution in [3.05, 3.63) is 71.9 Å². The van der Waals surface area contributed by atoms with Crippen molar-refractivity contribution in [2.45, 2.75) is 42.6 Å². The van der Waals surface area contributed by atoms with Gasteiger partial charge in [-0.25, -0.2) is 17.2 Å². The Morgan fingerprint density at radius 2 is 1.86 bits per heavy atom. The number of sulfone groups is 1. The van der Waals surface area contributed by atoms with Crippen LogP contribution in [0.2, 0.25) is 0 Å². The normalized spacial score (nSPS) is 14.2. The van der Waals surface area contributed by atoms with Crippen molar-refractivity contribution >= 4 is 27.5 Å². The molecule has 1 aliphatic carbocycles. The second-order valence-electron chi connectivity index (χ2n) is 8.08. The fourth-order valence-electron chi connectivity index (χ4n) is 3.42. The second kappa shape index (κ2) is 10.4. The number of halogens is 2. The molecular weight excluding hydrogens is 496 g/mol. The summed E-state index contributed by atoms with van der Waals surface area (Å²) in [6.45, 7) is 1.72. The van der Waals surface area contributed by atoms with Crippen LogP contribution in [-0.4, -0.2) is 41.9 Å². The van der Waals surface area contributed by atoms with Crippen LogP contribution in [0.25, 0.3) is 0 Å². The average molecular weight is 520 g/mol. The molecule has 1 N–H and O–H groups in total. The highest BCUT2D eigenvalue weighted by atomic mass is 32.2. The third kappa shape index (κ3) is 5.88. The maximum absolute atomic E-state index is 14.3. The van der Waals surface area contributed by atoms with E-state index in [0.717, 1.165) is 12.1 Å². The third-order valence-electron chi connectivity index (χ3n) is 5.34. The van der Waals surface area contributed by atoms with Crippen molar-refractivity contribution in [2.24, 2.45) is 0 Å². The molecule has 0 saturated heterocycles. The second-order valence-corrected chi connectivity index (χ2v) is 10.3. The van der Waals surface area contributed by atoms with Crippen LogP contribution in [0, 0.1) is 11.6 Å². The number of benzene rings is 2. The van der Waals surface area contributed by atoms with Crippen molar-refractivity contribution in [3.8, 4) is 5.75 Å². The Labute approximate surface area is 205 Å². The van der Waals surface area contributed by atoms with E-state index in [9.17, 15) is 26.8 Å². The number of hydrogen-bond donors (Lipinski definition) is 1. The van der Waals surface area contributed by atoms with Crippen LogP contribution in [0.4, 0.5) is 14.6 Å². The van der Waals surface area contributed by atoms with Gasteiger partial charge in [-0.05, 0) is 44.0 Å².